The van der Waals surface area contributed by atoms with Crippen LogP contribution < -0.4 is 16.4 Å². The molecule has 2 aliphatic heterocycles. The fourth-order valence-electron chi connectivity index (χ4n) is 3.37. The van der Waals surface area contributed by atoms with Crippen molar-refractivity contribution in [2.45, 2.75) is 38.7 Å². The number of hydrogen-bond acceptors (Lipinski definition) is 6. The molecular weight excluding hydrogens is 266 g/mol. The van der Waals surface area contributed by atoms with Crippen molar-refractivity contribution in [3.63, 3.8) is 0 Å². The molecule has 6 nitrogen and oxygen atoms in total. The molecule has 0 aromatic carbocycles. The molecule has 2 aliphatic rings. The maximum Gasteiger partial charge on any atom is 0.221 e. The summed E-state index contributed by atoms with van der Waals surface area (Å²) in [6.07, 6.45) is 6.56. The molecule has 2 saturated heterocycles. The number of ether oxygens (including phenoxy) is 1. The average molecular weight is 291 g/mol. The van der Waals surface area contributed by atoms with Gasteiger partial charge in [-0.2, -0.15) is 4.98 Å². The number of hydrogen-bond donors (Lipinski definition) is 3. The van der Waals surface area contributed by atoms with Crippen molar-refractivity contribution >= 4 is 11.8 Å². The number of nitrogens with one attached hydrogen (secondary N) is 2. The third-order valence-electron chi connectivity index (χ3n) is 4.71. The lowest BCUT2D eigenvalue weighted by Crippen LogP contribution is -2.37. The maximum atomic E-state index is 6.01. The number of rotatable bonds is 4. The fraction of sp³-hybridized carbons (Fsp3) is 0.733. The van der Waals surface area contributed by atoms with Crippen LogP contribution in [-0.4, -0.2) is 42.3 Å². The summed E-state index contributed by atoms with van der Waals surface area (Å²) in [5, 5.41) is 6.83. The van der Waals surface area contributed by atoms with Gasteiger partial charge < -0.3 is 21.1 Å². The van der Waals surface area contributed by atoms with E-state index >= 15 is 0 Å². The zero-order chi connectivity index (χ0) is 14.7. The Morgan fingerprint density at radius 2 is 2.29 bits per heavy atom. The van der Waals surface area contributed by atoms with Gasteiger partial charge in [-0.1, -0.05) is 6.92 Å². The van der Waals surface area contributed by atoms with E-state index in [1.54, 1.807) is 6.20 Å². The number of anilines is 2. The molecule has 0 radical (unpaired) electrons. The normalized spacial score (nSPS) is 24.3. The van der Waals surface area contributed by atoms with Crippen LogP contribution in [0, 0.1) is 5.41 Å². The number of aryl methyl sites for hydroxylation is 1. The SMILES string of the molecule is CCc1cnc(N)nc1NCC1CC2(CCNCC2)CO1. The van der Waals surface area contributed by atoms with Gasteiger partial charge >= 0.3 is 0 Å². The van der Waals surface area contributed by atoms with Crippen LogP contribution in [0.25, 0.3) is 0 Å². The van der Waals surface area contributed by atoms with Gasteiger partial charge in [0, 0.05) is 18.3 Å². The van der Waals surface area contributed by atoms with Crippen LogP contribution in [0.2, 0.25) is 0 Å². The zero-order valence-corrected chi connectivity index (χ0v) is 12.7. The van der Waals surface area contributed by atoms with Gasteiger partial charge in [0.2, 0.25) is 5.95 Å². The van der Waals surface area contributed by atoms with Gasteiger partial charge in [-0.25, -0.2) is 4.98 Å². The number of nitrogen functional groups attached to an aromatic ring is 1. The summed E-state index contributed by atoms with van der Waals surface area (Å²) in [5.41, 5.74) is 7.17. The zero-order valence-electron chi connectivity index (χ0n) is 12.7. The molecule has 116 valence electrons. The van der Waals surface area contributed by atoms with Gasteiger partial charge in [0.05, 0.1) is 12.7 Å². The van der Waals surface area contributed by atoms with E-state index in [1.165, 1.54) is 12.8 Å². The second-order valence-corrected chi connectivity index (χ2v) is 6.22. The van der Waals surface area contributed by atoms with Gasteiger partial charge in [-0.3, -0.25) is 0 Å². The Bertz CT molecular complexity index is 487. The second-order valence-electron chi connectivity index (χ2n) is 6.22. The number of piperidine rings is 1. The third kappa shape index (κ3) is 3.27. The molecule has 4 N–H and O–H groups in total. The summed E-state index contributed by atoms with van der Waals surface area (Å²) in [4.78, 5) is 8.35. The van der Waals surface area contributed by atoms with Gasteiger partial charge in [-0.15, -0.1) is 0 Å². The lowest BCUT2D eigenvalue weighted by molar-refractivity contribution is 0.0924. The van der Waals surface area contributed by atoms with Crippen LogP contribution in [0.4, 0.5) is 11.8 Å². The van der Waals surface area contributed by atoms with Crippen LogP contribution in [-0.2, 0) is 11.2 Å². The minimum atomic E-state index is 0.268. The topological polar surface area (TPSA) is 85.1 Å². The first-order chi connectivity index (χ1) is 10.2. The molecule has 2 fully saturated rings. The third-order valence-corrected chi connectivity index (χ3v) is 4.71. The van der Waals surface area contributed by atoms with Crippen molar-refractivity contribution in [1.29, 1.82) is 0 Å². The molecule has 0 saturated carbocycles. The monoisotopic (exact) mass is 291 g/mol. The Labute approximate surface area is 125 Å². The van der Waals surface area contributed by atoms with E-state index in [-0.39, 0.29) is 6.10 Å². The first-order valence-corrected chi connectivity index (χ1v) is 7.88. The largest absolute Gasteiger partial charge is 0.376 e. The van der Waals surface area contributed by atoms with E-state index in [0.717, 1.165) is 50.5 Å². The number of nitrogens with two attached hydrogens (primary N) is 1. The Morgan fingerprint density at radius 3 is 3.05 bits per heavy atom. The molecular formula is C15H25N5O. The van der Waals surface area contributed by atoms with Crippen LogP contribution >= 0.6 is 0 Å². The Balaban J connectivity index is 1.57. The van der Waals surface area contributed by atoms with E-state index in [0.29, 0.717) is 11.4 Å². The Morgan fingerprint density at radius 1 is 1.48 bits per heavy atom. The summed E-state index contributed by atoms with van der Waals surface area (Å²) < 4.78 is 6.01. The standard InChI is InChI=1S/C15H25N5O/c1-2-11-8-19-14(16)20-13(11)18-9-12-7-15(10-21-12)3-5-17-6-4-15/h8,12,17H,2-7,9-10H2,1H3,(H3,16,18,19,20). The molecule has 1 aromatic heterocycles. The maximum absolute atomic E-state index is 6.01. The molecule has 3 rings (SSSR count). The molecule has 1 atom stereocenters. The quantitative estimate of drug-likeness (QED) is 0.773. The van der Waals surface area contributed by atoms with E-state index in [9.17, 15) is 0 Å². The van der Waals surface area contributed by atoms with Crippen molar-refractivity contribution < 1.29 is 4.74 Å². The fourth-order valence-corrected chi connectivity index (χ4v) is 3.37. The minimum absolute atomic E-state index is 0.268. The van der Waals surface area contributed by atoms with Crippen LogP contribution in [0.5, 0.6) is 0 Å². The molecule has 1 unspecified atom stereocenters. The van der Waals surface area contributed by atoms with Crippen molar-refractivity contribution in [2.75, 3.05) is 37.3 Å². The van der Waals surface area contributed by atoms with E-state index in [4.69, 9.17) is 10.5 Å². The highest BCUT2D eigenvalue weighted by Gasteiger charge is 2.40. The molecule has 6 heteroatoms. The Hall–Kier alpha value is -1.40. The van der Waals surface area contributed by atoms with E-state index < -0.39 is 0 Å². The highest BCUT2D eigenvalue weighted by molar-refractivity contribution is 5.46. The van der Waals surface area contributed by atoms with Crippen LogP contribution in [0.15, 0.2) is 6.20 Å². The van der Waals surface area contributed by atoms with Crippen molar-refractivity contribution in [2.24, 2.45) is 5.41 Å². The smallest absolute Gasteiger partial charge is 0.221 e. The van der Waals surface area contributed by atoms with Crippen molar-refractivity contribution in [3.05, 3.63) is 11.8 Å². The summed E-state index contributed by atoms with van der Waals surface area (Å²) in [7, 11) is 0. The predicted molar refractivity (Wildman–Crippen MR) is 83.2 cm³/mol. The Kier molecular flexibility index (Phi) is 4.26. The van der Waals surface area contributed by atoms with Gasteiger partial charge in [0.15, 0.2) is 0 Å². The van der Waals surface area contributed by atoms with Crippen LogP contribution in [0.3, 0.4) is 0 Å². The molecule has 0 amide bonds. The highest BCUT2D eigenvalue weighted by atomic mass is 16.5. The highest BCUT2D eigenvalue weighted by Crippen LogP contribution is 2.40. The molecule has 1 spiro atoms. The first kappa shape index (κ1) is 14.5. The number of aromatic nitrogens is 2. The first-order valence-electron chi connectivity index (χ1n) is 7.88. The lowest BCUT2D eigenvalue weighted by Gasteiger charge is -2.32. The van der Waals surface area contributed by atoms with Gasteiger partial charge in [0.25, 0.3) is 0 Å². The minimum Gasteiger partial charge on any atom is -0.376 e. The summed E-state index contributed by atoms with van der Waals surface area (Å²) in [6, 6.07) is 0. The van der Waals surface area contributed by atoms with Gasteiger partial charge in [-0.05, 0) is 44.2 Å². The molecule has 0 bridgehead atoms. The second kappa shape index (κ2) is 6.15. The van der Waals surface area contributed by atoms with E-state index in [1.807, 2.05) is 0 Å². The molecule has 1 aromatic rings. The molecule has 3 heterocycles. The van der Waals surface area contributed by atoms with Crippen molar-refractivity contribution in [1.82, 2.24) is 15.3 Å². The lowest BCUT2D eigenvalue weighted by atomic mass is 9.77. The van der Waals surface area contributed by atoms with Gasteiger partial charge in [0.1, 0.15) is 5.82 Å². The number of nitrogens with zero attached hydrogens (tertiary/aromatic N) is 2. The summed E-state index contributed by atoms with van der Waals surface area (Å²) >= 11 is 0. The molecule has 21 heavy (non-hydrogen) atoms. The average Bonchev–Trinajstić information content (AvgIpc) is 2.89. The molecule has 0 aliphatic carbocycles. The summed E-state index contributed by atoms with van der Waals surface area (Å²) in [5.74, 6) is 1.16. The van der Waals surface area contributed by atoms with E-state index in [2.05, 4.69) is 27.5 Å². The predicted octanol–water partition coefficient (Wildman–Crippen LogP) is 1.19. The summed E-state index contributed by atoms with van der Waals surface area (Å²) in [6.45, 7) is 6.01. The van der Waals surface area contributed by atoms with Crippen LogP contribution in [0.1, 0.15) is 31.7 Å². The van der Waals surface area contributed by atoms with Crippen molar-refractivity contribution in [3.8, 4) is 0 Å².